The predicted molar refractivity (Wildman–Crippen MR) is 265 cm³/mol. The number of allylic oxidation sites excluding steroid dienone is 18. The van der Waals surface area contributed by atoms with Gasteiger partial charge in [0.15, 0.2) is 6.10 Å². The molecular weight excluding hydrogens is 769 g/mol. The smallest absolute Gasteiger partial charge is 0.306 e. The molecule has 6 heteroatoms. The SMILES string of the molecule is CC/C=C\C/C=C\C/C=C\C/C=C\CCC(=O)OC(COC(=O)CCCCC/C=C\C/C=C\C/C=C\CC)COC(=O)CCCCCCCCC/C=C\C/C=C\CCCCCC. The van der Waals surface area contributed by atoms with Crippen LogP contribution in [0.5, 0.6) is 0 Å². The largest absolute Gasteiger partial charge is 0.462 e. The van der Waals surface area contributed by atoms with Crippen molar-refractivity contribution in [2.75, 3.05) is 13.2 Å². The van der Waals surface area contributed by atoms with Crippen molar-refractivity contribution < 1.29 is 28.6 Å². The summed E-state index contributed by atoms with van der Waals surface area (Å²) >= 11 is 0. The van der Waals surface area contributed by atoms with E-state index < -0.39 is 12.1 Å². The molecule has 0 aliphatic rings. The highest BCUT2D eigenvalue weighted by Crippen LogP contribution is 2.12. The van der Waals surface area contributed by atoms with Crippen molar-refractivity contribution in [2.24, 2.45) is 0 Å². The van der Waals surface area contributed by atoms with Crippen molar-refractivity contribution in [3.63, 3.8) is 0 Å². The van der Waals surface area contributed by atoms with Gasteiger partial charge in [0.2, 0.25) is 0 Å². The van der Waals surface area contributed by atoms with Gasteiger partial charge in [-0.25, -0.2) is 0 Å². The number of carbonyl (C=O) groups excluding carboxylic acids is 3. The Morgan fingerprint density at radius 3 is 1.06 bits per heavy atom. The molecule has 0 aromatic rings. The molecule has 0 rings (SSSR count). The number of rotatable bonds is 43. The van der Waals surface area contributed by atoms with Crippen LogP contribution in [-0.4, -0.2) is 37.2 Å². The van der Waals surface area contributed by atoms with Gasteiger partial charge in [-0.2, -0.15) is 0 Å². The summed E-state index contributed by atoms with van der Waals surface area (Å²) in [5, 5.41) is 0. The van der Waals surface area contributed by atoms with Crippen molar-refractivity contribution in [1.82, 2.24) is 0 Å². The van der Waals surface area contributed by atoms with Crippen LogP contribution in [0.4, 0.5) is 0 Å². The minimum atomic E-state index is -0.832. The van der Waals surface area contributed by atoms with Crippen LogP contribution in [-0.2, 0) is 28.6 Å². The molecule has 0 aliphatic carbocycles. The van der Waals surface area contributed by atoms with Gasteiger partial charge in [-0.1, -0.05) is 188 Å². The van der Waals surface area contributed by atoms with Crippen LogP contribution in [0, 0.1) is 0 Å². The van der Waals surface area contributed by atoms with Crippen molar-refractivity contribution in [2.45, 2.75) is 213 Å². The Labute approximate surface area is 380 Å². The third-order valence-corrected chi connectivity index (χ3v) is 10.0. The van der Waals surface area contributed by atoms with Crippen molar-refractivity contribution in [1.29, 1.82) is 0 Å². The topological polar surface area (TPSA) is 78.9 Å². The number of ether oxygens (including phenoxy) is 3. The highest BCUT2D eigenvalue weighted by molar-refractivity contribution is 5.71. The zero-order chi connectivity index (χ0) is 45.1. The number of unbranched alkanes of at least 4 members (excludes halogenated alkanes) is 14. The van der Waals surface area contributed by atoms with E-state index in [-0.39, 0.29) is 31.6 Å². The van der Waals surface area contributed by atoms with E-state index in [1.165, 1.54) is 57.8 Å². The standard InChI is InChI=1S/C56H90O6/c1-4-7-10-13-16-19-22-25-26-27-28-29-32-34-37-40-43-46-49-55(58)61-52-53(62-56(59)50-47-44-41-38-35-31-24-21-18-15-12-9-6-3)51-60-54(57)48-45-42-39-36-33-30-23-20-17-14-11-8-5-2/h8-9,11-12,17-22,26-27,30-31,33,35,41,44,53H,4-7,10,13-16,23-25,28-29,32,34,36-40,42-43,45-52H2,1-3H3/b11-8-,12-9-,20-17-,21-18-,22-19-,27-26-,33-30-,35-31-,44-41-. The van der Waals surface area contributed by atoms with Gasteiger partial charge < -0.3 is 14.2 Å². The van der Waals surface area contributed by atoms with Crippen LogP contribution in [0.15, 0.2) is 109 Å². The van der Waals surface area contributed by atoms with Gasteiger partial charge in [0.1, 0.15) is 13.2 Å². The molecule has 6 nitrogen and oxygen atoms in total. The molecule has 0 saturated carbocycles. The molecule has 0 aromatic carbocycles. The van der Waals surface area contributed by atoms with E-state index in [0.717, 1.165) is 103 Å². The third kappa shape index (κ3) is 47.1. The first kappa shape index (κ1) is 58.1. The van der Waals surface area contributed by atoms with E-state index >= 15 is 0 Å². The van der Waals surface area contributed by atoms with E-state index in [0.29, 0.717) is 19.3 Å². The number of hydrogen-bond donors (Lipinski definition) is 0. The molecule has 0 fully saturated rings. The first-order chi connectivity index (χ1) is 30.5. The lowest BCUT2D eigenvalue weighted by atomic mass is 10.1. The molecular formula is C56H90O6. The van der Waals surface area contributed by atoms with E-state index in [1.54, 1.807) is 0 Å². The lowest BCUT2D eigenvalue weighted by molar-refractivity contribution is -0.166. The summed E-state index contributed by atoms with van der Waals surface area (Å²) in [5.41, 5.74) is 0. The Bertz CT molecular complexity index is 1310. The predicted octanol–water partition coefficient (Wildman–Crippen LogP) is 16.4. The average molecular weight is 859 g/mol. The molecule has 0 N–H and O–H groups in total. The summed E-state index contributed by atoms with van der Waals surface area (Å²) in [6.07, 6.45) is 66.6. The molecule has 0 spiro atoms. The second kappa shape index (κ2) is 49.7. The number of esters is 3. The average Bonchev–Trinajstić information content (AvgIpc) is 3.27. The Morgan fingerprint density at radius 2 is 0.661 bits per heavy atom. The highest BCUT2D eigenvalue weighted by Gasteiger charge is 2.19. The molecule has 0 aromatic heterocycles. The first-order valence-electron chi connectivity index (χ1n) is 24.9. The first-order valence-corrected chi connectivity index (χ1v) is 24.9. The van der Waals surface area contributed by atoms with Crippen LogP contribution in [0.25, 0.3) is 0 Å². The monoisotopic (exact) mass is 859 g/mol. The maximum absolute atomic E-state index is 12.7. The zero-order valence-corrected chi connectivity index (χ0v) is 39.8. The Hall–Kier alpha value is -3.93. The summed E-state index contributed by atoms with van der Waals surface area (Å²) in [4.78, 5) is 37.9. The summed E-state index contributed by atoms with van der Waals surface area (Å²) in [7, 11) is 0. The van der Waals surface area contributed by atoms with Gasteiger partial charge in [0.05, 0.1) is 0 Å². The molecule has 1 unspecified atom stereocenters. The fourth-order valence-electron chi connectivity index (χ4n) is 6.32. The summed E-state index contributed by atoms with van der Waals surface area (Å²) < 4.78 is 16.7. The molecule has 350 valence electrons. The molecule has 0 bridgehead atoms. The second-order valence-electron chi connectivity index (χ2n) is 16.0. The Kier molecular flexibility index (Phi) is 46.6. The van der Waals surface area contributed by atoms with Crippen molar-refractivity contribution >= 4 is 17.9 Å². The van der Waals surface area contributed by atoms with Crippen LogP contribution >= 0.6 is 0 Å². The van der Waals surface area contributed by atoms with E-state index in [4.69, 9.17) is 14.2 Å². The molecule has 0 amide bonds. The van der Waals surface area contributed by atoms with E-state index in [9.17, 15) is 14.4 Å². The Morgan fingerprint density at radius 1 is 0.339 bits per heavy atom. The molecule has 0 saturated heterocycles. The second-order valence-corrected chi connectivity index (χ2v) is 16.0. The molecule has 0 radical (unpaired) electrons. The van der Waals surface area contributed by atoms with Crippen molar-refractivity contribution in [3.8, 4) is 0 Å². The number of carbonyl (C=O) groups is 3. The van der Waals surface area contributed by atoms with Gasteiger partial charge in [-0.3, -0.25) is 14.4 Å². The fourth-order valence-corrected chi connectivity index (χ4v) is 6.32. The normalized spacial score (nSPS) is 13.0. The van der Waals surface area contributed by atoms with Gasteiger partial charge in [-0.15, -0.1) is 0 Å². The highest BCUT2D eigenvalue weighted by atomic mass is 16.6. The van der Waals surface area contributed by atoms with Crippen LogP contribution in [0.3, 0.4) is 0 Å². The number of hydrogen-bond acceptors (Lipinski definition) is 6. The summed E-state index contributed by atoms with van der Waals surface area (Å²) in [6.45, 7) is 6.27. The molecule has 1 atom stereocenters. The zero-order valence-electron chi connectivity index (χ0n) is 39.8. The maximum atomic E-state index is 12.7. The van der Waals surface area contributed by atoms with Crippen LogP contribution < -0.4 is 0 Å². The summed E-state index contributed by atoms with van der Waals surface area (Å²) in [6, 6.07) is 0. The van der Waals surface area contributed by atoms with Gasteiger partial charge >= 0.3 is 17.9 Å². The minimum absolute atomic E-state index is 0.122. The van der Waals surface area contributed by atoms with Crippen molar-refractivity contribution in [3.05, 3.63) is 109 Å². The lowest BCUT2D eigenvalue weighted by Crippen LogP contribution is -2.30. The van der Waals surface area contributed by atoms with E-state index in [2.05, 4.69) is 118 Å². The summed E-state index contributed by atoms with van der Waals surface area (Å²) in [5.74, 6) is -1.05. The van der Waals surface area contributed by atoms with Gasteiger partial charge in [0.25, 0.3) is 0 Å². The quantitative estimate of drug-likeness (QED) is 0.0263. The fraction of sp³-hybridized carbons (Fsp3) is 0.625. The van der Waals surface area contributed by atoms with Gasteiger partial charge in [-0.05, 0) is 109 Å². The third-order valence-electron chi connectivity index (χ3n) is 10.0. The van der Waals surface area contributed by atoms with E-state index in [1.807, 2.05) is 12.2 Å². The molecule has 0 heterocycles. The molecule has 62 heavy (non-hydrogen) atoms. The molecule has 0 aliphatic heterocycles. The minimum Gasteiger partial charge on any atom is -0.462 e. The van der Waals surface area contributed by atoms with Crippen LogP contribution in [0.1, 0.15) is 207 Å². The lowest BCUT2D eigenvalue weighted by Gasteiger charge is -2.18. The Balaban J connectivity index is 4.51. The maximum Gasteiger partial charge on any atom is 0.306 e. The van der Waals surface area contributed by atoms with Crippen LogP contribution in [0.2, 0.25) is 0 Å². The van der Waals surface area contributed by atoms with Gasteiger partial charge in [0, 0.05) is 19.3 Å².